The number of hydrogen-bond donors (Lipinski definition) is 0. The standard InChI is InChI=1S/C21H27NO/c1-3-5-16-22(17-6-4-2)21(23)20-14-12-19(13-15-20)18-10-8-7-9-11-18/h7-15H,3-6,16-17H2,1-2H3. The zero-order chi connectivity index (χ0) is 16.5. The average molecular weight is 309 g/mol. The van der Waals surface area contributed by atoms with E-state index in [2.05, 4.69) is 26.0 Å². The van der Waals surface area contributed by atoms with Gasteiger partial charge in [0.1, 0.15) is 0 Å². The summed E-state index contributed by atoms with van der Waals surface area (Å²) in [6.45, 7) is 6.04. The molecular weight excluding hydrogens is 282 g/mol. The summed E-state index contributed by atoms with van der Waals surface area (Å²) in [5.41, 5.74) is 3.12. The Labute approximate surface area is 140 Å². The Kier molecular flexibility index (Phi) is 6.86. The lowest BCUT2D eigenvalue weighted by molar-refractivity contribution is 0.0751. The zero-order valence-corrected chi connectivity index (χ0v) is 14.3. The second-order valence-corrected chi connectivity index (χ2v) is 5.94. The van der Waals surface area contributed by atoms with Crippen molar-refractivity contribution in [2.24, 2.45) is 0 Å². The Morgan fingerprint density at radius 3 is 1.83 bits per heavy atom. The maximum absolute atomic E-state index is 12.7. The topological polar surface area (TPSA) is 20.3 Å². The summed E-state index contributed by atoms with van der Waals surface area (Å²) in [6.07, 6.45) is 4.36. The van der Waals surface area contributed by atoms with E-state index in [9.17, 15) is 4.79 Å². The van der Waals surface area contributed by atoms with Crippen LogP contribution in [-0.4, -0.2) is 23.9 Å². The molecule has 2 aromatic carbocycles. The van der Waals surface area contributed by atoms with Crippen LogP contribution in [0, 0.1) is 0 Å². The maximum atomic E-state index is 12.7. The van der Waals surface area contributed by atoms with Crippen LogP contribution in [0.3, 0.4) is 0 Å². The number of hydrogen-bond acceptors (Lipinski definition) is 1. The molecule has 2 rings (SSSR count). The van der Waals surface area contributed by atoms with Crippen LogP contribution in [-0.2, 0) is 0 Å². The van der Waals surface area contributed by atoms with E-state index in [0.717, 1.165) is 49.9 Å². The first-order chi connectivity index (χ1) is 11.3. The van der Waals surface area contributed by atoms with Gasteiger partial charge in [0.15, 0.2) is 0 Å². The van der Waals surface area contributed by atoms with E-state index in [-0.39, 0.29) is 5.91 Å². The van der Waals surface area contributed by atoms with Crippen molar-refractivity contribution in [2.75, 3.05) is 13.1 Å². The molecule has 0 radical (unpaired) electrons. The smallest absolute Gasteiger partial charge is 0.253 e. The Hall–Kier alpha value is -2.09. The third-order valence-electron chi connectivity index (χ3n) is 4.09. The predicted octanol–water partition coefficient (Wildman–Crippen LogP) is 5.40. The first-order valence-electron chi connectivity index (χ1n) is 8.71. The predicted molar refractivity (Wildman–Crippen MR) is 97.6 cm³/mol. The van der Waals surface area contributed by atoms with Crippen molar-refractivity contribution in [2.45, 2.75) is 39.5 Å². The van der Waals surface area contributed by atoms with Crippen LogP contribution in [0.25, 0.3) is 11.1 Å². The monoisotopic (exact) mass is 309 g/mol. The third-order valence-corrected chi connectivity index (χ3v) is 4.09. The molecule has 0 aliphatic rings. The fourth-order valence-electron chi connectivity index (χ4n) is 2.63. The van der Waals surface area contributed by atoms with Gasteiger partial charge in [-0.15, -0.1) is 0 Å². The number of amides is 1. The molecule has 0 aromatic heterocycles. The second kappa shape index (κ2) is 9.14. The third kappa shape index (κ3) is 4.95. The number of benzene rings is 2. The maximum Gasteiger partial charge on any atom is 0.253 e. The van der Waals surface area contributed by atoms with E-state index in [4.69, 9.17) is 0 Å². The van der Waals surface area contributed by atoms with Crippen LogP contribution in [0.5, 0.6) is 0 Å². The number of nitrogens with zero attached hydrogens (tertiary/aromatic N) is 1. The number of carbonyl (C=O) groups is 1. The number of rotatable bonds is 8. The summed E-state index contributed by atoms with van der Waals surface area (Å²) in [5, 5.41) is 0. The Morgan fingerprint density at radius 2 is 1.30 bits per heavy atom. The first kappa shape index (κ1) is 17.3. The lowest BCUT2D eigenvalue weighted by Crippen LogP contribution is -2.32. The normalized spacial score (nSPS) is 10.5. The molecule has 0 saturated carbocycles. The van der Waals surface area contributed by atoms with E-state index in [0.29, 0.717) is 0 Å². The SMILES string of the molecule is CCCCN(CCCC)C(=O)c1ccc(-c2ccccc2)cc1. The number of carbonyl (C=O) groups excluding carboxylic acids is 1. The molecule has 0 bridgehead atoms. The molecule has 0 atom stereocenters. The molecule has 0 heterocycles. The van der Waals surface area contributed by atoms with Crippen LogP contribution < -0.4 is 0 Å². The molecule has 0 saturated heterocycles. The summed E-state index contributed by atoms with van der Waals surface area (Å²) in [5.74, 6) is 0.159. The van der Waals surface area contributed by atoms with E-state index >= 15 is 0 Å². The van der Waals surface area contributed by atoms with Crippen LogP contribution >= 0.6 is 0 Å². The Bertz CT molecular complexity index is 581. The summed E-state index contributed by atoms with van der Waals surface area (Å²) in [4.78, 5) is 14.7. The van der Waals surface area contributed by atoms with Crippen LogP contribution in [0.4, 0.5) is 0 Å². The van der Waals surface area contributed by atoms with Gasteiger partial charge in [0.2, 0.25) is 0 Å². The molecule has 122 valence electrons. The largest absolute Gasteiger partial charge is 0.339 e. The molecule has 2 heteroatoms. The van der Waals surface area contributed by atoms with Gasteiger partial charge in [0.05, 0.1) is 0 Å². The van der Waals surface area contributed by atoms with Gasteiger partial charge in [-0.05, 0) is 36.1 Å². The molecule has 0 aliphatic carbocycles. The van der Waals surface area contributed by atoms with Crippen LogP contribution in [0.15, 0.2) is 54.6 Å². The van der Waals surface area contributed by atoms with Crippen molar-refractivity contribution in [1.82, 2.24) is 4.90 Å². The molecule has 0 aliphatic heterocycles. The minimum Gasteiger partial charge on any atom is -0.339 e. The van der Waals surface area contributed by atoms with Crippen LogP contribution in [0.2, 0.25) is 0 Å². The zero-order valence-electron chi connectivity index (χ0n) is 14.3. The molecule has 0 spiro atoms. The average Bonchev–Trinajstić information content (AvgIpc) is 2.62. The van der Waals surface area contributed by atoms with Gasteiger partial charge in [-0.1, -0.05) is 69.2 Å². The summed E-state index contributed by atoms with van der Waals surface area (Å²) in [7, 11) is 0. The quantitative estimate of drug-likeness (QED) is 0.639. The first-order valence-corrected chi connectivity index (χ1v) is 8.71. The van der Waals surface area contributed by atoms with Gasteiger partial charge in [-0.2, -0.15) is 0 Å². The molecule has 0 N–H and O–H groups in total. The summed E-state index contributed by atoms with van der Waals surface area (Å²) >= 11 is 0. The highest BCUT2D eigenvalue weighted by atomic mass is 16.2. The highest BCUT2D eigenvalue weighted by Crippen LogP contribution is 2.20. The van der Waals surface area contributed by atoms with Crippen molar-refractivity contribution >= 4 is 5.91 Å². The summed E-state index contributed by atoms with van der Waals surface area (Å²) < 4.78 is 0. The van der Waals surface area contributed by atoms with Crippen molar-refractivity contribution in [3.63, 3.8) is 0 Å². The van der Waals surface area contributed by atoms with Crippen molar-refractivity contribution < 1.29 is 4.79 Å². The van der Waals surface area contributed by atoms with Crippen molar-refractivity contribution in [1.29, 1.82) is 0 Å². The van der Waals surface area contributed by atoms with Gasteiger partial charge >= 0.3 is 0 Å². The van der Waals surface area contributed by atoms with E-state index in [1.54, 1.807) is 0 Å². The van der Waals surface area contributed by atoms with Crippen molar-refractivity contribution in [3.8, 4) is 11.1 Å². The molecule has 0 unspecified atom stereocenters. The minimum atomic E-state index is 0.159. The molecular formula is C21H27NO. The Morgan fingerprint density at radius 1 is 0.783 bits per heavy atom. The van der Waals surface area contributed by atoms with Crippen LogP contribution in [0.1, 0.15) is 49.9 Å². The fourth-order valence-corrected chi connectivity index (χ4v) is 2.63. The molecule has 2 nitrogen and oxygen atoms in total. The summed E-state index contributed by atoms with van der Waals surface area (Å²) in [6, 6.07) is 18.3. The molecule has 23 heavy (non-hydrogen) atoms. The number of unbranched alkanes of at least 4 members (excludes halogenated alkanes) is 2. The van der Waals surface area contributed by atoms with Gasteiger partial charge < -0.3 is 4.90 Å². The van der Waals surface area contributed by atoms with E-state index < -0.39 is 0 Å². The lowest BCUT2D eigenvalue weighted by Gasteiger charge is -2.22. The fraction of sp³-hybridized carbons (Fsp3) is 0.381. The molecule has 1 amide bonds. The van der Waals surface area contributed by atoms with Gasteiger partial charge in [-0.25, -0.2) is 0 Å². The molecule has 0 fully saturated rings. The highest BCUT2D eigenvalue weighted by molar-refractivity contribution is 5.94. The lowest BCUT2D eigenvalue weighted by atomic mass is 10.0. The van der Waals surface area contributed by atoms with E-state index in [1.165, 1.54) is 5.56 Å². The van der Waals surface area contributed by atoms with Gasteiger partial charge in [-0.3, -0.25) is 4.79 Å². The van der Waals surface area contributed by atoms with E-state index in [1.807, 2.05) is 47.4 Å². The van der Waals surface area contributed by atoms with Gasteiger partial charge in [0.25, 0.3) is 5.91 Å². The van der Waals surface area contributed by atoms with Gasteiger partial charge in [0, 0.05) is 18.7 Å². The minimum absolute atomic E-state index is 0.159. The molecule has 2 aromatic rings. The Balaban J connectivity index is 2.11. The second-order valence-electron chi connectivity index (χ2n) is 5.94. The van der Waals surface area contributed by atoms with Crippen molar-refractivity contribution in [3.05, 3.63) is 60.2 Å². The highest BCUT2D eigenvalue weighted by Gasteiger charge is 2.14.